The van der Waals surface area contributed by atoms with Crippen molar-refractivity contribution in [1.29, 1.82) is 0 Å². The molecule has 0 saturated carbocycles. The Morgan fingerprint density at radius 3 is 3.00 bits per heavy atom. The molecule has 0 radical (unpaired) electrons. The van der Waals surface area contributed by atoms with Gasteiger partial charge in [-0.25, -0.2) is 4.98 Å². The SMILES string of the molecule is COC(=O)Cc1csc(-c2ccc(Br)c(Cl)c2)n1. The largest absolute Gasteiger partial charge is 0.469 e. The zero-order valence-corrected chi connectivity index (χ0v) is 12.6. The third-order valence-corrected chi connectivity index (χ3v) is 4.44. The summed E-state index contributed by atoms with van der Waals surface area (Å²) in [5.41, 5.74) is 1.64. The first kappa shape index (κ1) is 13.5. The molecule has 0 atom stereocenters. The van der Waals surface area contributed by atoms with Crippen LogP contribution in [0.3, 0.4) is 0 Å². The van der Waals surface area contributed by atoms with E-state index in [0.717, 1.165) is 15.0 Å². The molecule has 1 aromatic heterocycles. The van der Waals surface area contributed by atoms with Crippen molar-refractivity contribution in [2.45, 2.75) is 6.42 Å². The van der Waals surface area contributed by atoms with Crippen LogP contribution in [0.1, 0.15) is 5.69 Å². The van der Waals surface area contributed by atoms with E-state index in [4.69, 9.17) is 11.6 Å². The Morgan fingerprint density at radius 1 is 1.56 bits per heavy atom. The fraction of sp³-hybridized carbons (Fsp3) is 0.167. The lowest BCUT2D eigenvalue weighted by Gasteiger charge is -1.99. The second-order valence-electron chi connectivity index (χ2n) is 3.53. The van der Waals surface area contributed by atoms with Crippen molar-refractivity contribution < 1.29 is 9.53 Å². The molecule has 0 N–H and O–H groups in total. The molecule has 1 heterocycles. The molecule has 2 aromatic rings. The number of halogens is 2. The minimum Gasteiger partial charge on any atom is -0.469 e. The van der Waals surface area contributed by atoms with Crippen molar-refractivity contribution in [2.75, 3.05) is 7.11 Å². The molecular formula is C12H9BrClNO2S. The number of hydrogen-bond donors (Lipinski definition) is 0. The van der Waals surface area contributed by atoms with Crippen LogP contribution in [0.5, 0.6) is 0 Å². The summed E-state index contributed by atoms with van der Waals surface area (Å²) in [6.07, 6.45) is 0.192. The lowest BCUT2D eigenvalue weighted by molar-refractivity contribution is -0.139. The van der Waals surface area contributed by atoms with Gasteiger partial charge in [0.1, 0.15) is 5.01 Å². The Hall–Kier alpha value is -0.910. The number of benzene rings is 1. The number of thiazole rings is 1. The highest BCUT2D eigenvalue weighted by molar-refractivity contribution is 9.10. The maximum absolute atomic E-state index is 11.1. The van der Waals surface area contributed by atoms with Crippen LogP contribution in [0.2, 0.25) is 5.02 Å². The van der Waals surface area contributed by atoms with Crippen molar-refractivity contribution in [3.05, 3.63) is 38.8 Å². The smallest absolute Gasteiger partial charge is 0.311 e. The molecule has 0 aliphatic rings. The zero-order valence-electron chi connectivity index (χ0n) is 9.44. The van der Waals surface area contributed by atoms with Gasteiger partial charge in [-0.05, 0) is 28.1 Å². The Balaban J connectivity index is 2.23. The minimum absolute atomic E-state index is 0.192. The topological polar surface area (TPSA) is 39.2 Å². The van der Waals surface area contributed by atoms with E-state index in [2.05, 4.69) is 25.7 Å². The fourth-order valence-corrected chi connectivity index (χ4v) is 2.61. The molecule has 0 unspecified atom stereocenters. The standard InChI is InChI=1S/C12H9BrClNO2S/c1-17-11(16)5-8-6-18-12(15-8)7-2-3-9(13)10(14)4-7/h2-4,6H,5H2,1H3. The highest BCUT2D eigenvalue weighted by Crippen LogP contribution is 2.30. The molecule has 0 amide bonds. The third-order valence-electron chi connectivity index (χ3n) is 2.27. The lowest BCUT2D eigenvalue weighted by Crippen LogP contribution is -2.04. The summed E-state index contributed by atoms with van der Waals surface area (Å²) in [5.74, 6) is -0.291. The molecule has 18 heavy (non-hydrogen) atoms. The maximum atomic E-state index is 11.1. The minimum atomic E-state index is -0.291. The average Bonchev–Trinajstić information content (AvgIpc) is 2.81. The molecule has 0 aliphatic carbocycles. The molecule has 0 saturated heterocycles. The second kappa shape index (κ2) is 5.82. The summed E-state index contributed by atoms with van der Waals surface area (Å²) in [6, 6.07) is 5.64. The van der Waals surface area contributed by atoms with Crippen LogP contribution in [-0.2, 0) is 16.0 Å². The van der Waals surface area contributed by atoms with Crippen molar-refractivity contribution in [3.63, 3.8) is 0 Å². The van der Waals surface area contributed by atoms with Crippen LogP contribution in [0.15, 0.2) is 28.1 Å². The van der Waals surface area contributed by atoms with Crippen molar-refractivity contribution in [2.24, 2.45) is 0 Å². The molecule has 3 nitrogen and oxygen atoms in total. The Bertz CT molecular complexity index is 585. The first-order valence-electron chi connectivity index (χ1n) is 5.07. The van der Waals surface area contributed by atoms with Crippen molar-refractivity contribution in [3.8, 4) is 10.6 Å². The summed E-state index contributed by atoms with van der Waals surface area (Å²) in [7, 11) is 1.37. The quantitative estimate of drug-likeness (QED) is 0.790. The second-order valence-corrected chi connectivity index (χ2v) is 5.65. The Kier molecular flexibility index (Phi) is 4.37. The number of rotatable bonds is 3. The van der Waals surface area contributed by atoms with Gasteiger partial charge in [0.05, 0.1) is 24.2 Å². The van der Waals surface area contributed by atoms with E-state index in [-0.39, 0.29) is 12.4 Å². The zero-order chi connectivity index (χ0) is 13.1. The summed E-state index contributed by atoms with van der Waals surface area (Å²) in [4.78, 5) is 15.5. The van der Waals surface area contributed by atoms with E-state index in [9.17, 15) is 4.79 Å². The lowest BCUT2D eigenvalue weighted by atomic mass is 10.2. The van der Waals surface area contributed by atoms with Gasteiger partial charge >= 0.3 is 5.97 Å². The van der Waals surface area contributed by atoms with E-state index in [1.54, 1.807) is 0 Å². The summed E-state index contributed by atoms with van der Waals surface area (Å²) >= 11 is 10.8. The van der Waals surface area contributed by atoms with E-state index in [1.807, 2.05) is 23.6 Å². The average molecular weight is 347 g/mol. The first-order valence-corrected chi connectivity index (χ1v) is 7.12. The normalized spacial score (nSPS) is 10.4. The van der Waals surface area contributed by atoms with Gasteiger partial charge in [-0.3, -0.25) is 4.79 Å². The van der Waals surface area contributed by atoms with Gasteiger partial charge in [-0.2, -0.15) is 0 Å². The third kappa shape index (κ3) is 3.10. The van der Waals surface area contributed by atoms with Crippen LogP contribution in [0.25, 0.3) is 10.6 Å². The molecule has 6 heteroatoms. The van der Waals surface area contributed by atoms with Gasteiger partial charge in [-0.1, -0.05) is 17.7 Å². The number of ether oxygens (including phenoxy) is 1. The molecule has 2 rings (SSSR count). The number of hydrogen-bond acceptors (Lipinski definition) is 4. The van der Waals surface area contributed by atoms with Gasteiger partial charge in [0.25, 0.3) is 0 Å². The Morgan fingerprint density at radius 2 is 2.33 bits per heavy atom. The Labute approximate surface area is 122 Å². The summed E-state index contributed by atoms with van der Waals surface area (Å²) in [6.45, 7) is 0. The van der Waals surface area contributed by atoms with Gasteiger partial charge in [0.2, 0.25) is 0 Å². The number of carbonyl (C=O) groups excluding carboxylic acids is 1. The highest BCUT2D eigenvalue weighted by atomic mass is 79.9. The van der Waals surface area contributed by atoms with Gasteiger partial charge in [0, 0.05) is 15.4 Å². The number of methoxy groups -OCH3 is 1. The summed E-state index contributed by atoms with van der Waals surface area (Å²) < 4.78 is 5.45. The van der Waals surface area contributed by atoms with Crippen LogP contribution in [0.4, 0.5) is 0 Å². The molecular weight excluding hydrogens is 338 g/mol. The van der Waals surface area contributed by atoms with Gasteiger partial charge in [-0.15, -0.1) is 11.3 Å². The number of aromatic nitrogens is 1. The highest BCUT2D eigenvalue weighted by Gasteiger charge is 2.10. The predicted octanol–water partition coefficient (Wildman–Crippen LogP) is 3.94. The first-order chi connectivity index (χ1) is 8.60. The molecule has 0 spiro atoms. The van der Waals surface area contributed by atoms with Gasteiger partial charge in [0.15, 0.2) is 0 Å². The molecule has 0 bridgehead atoms. The van der Waals surface area contributed by atoms with E-state index < -0.39 is 0 Å². The van der Waals surface area contributed by atoms with Crippen LogP contribution >= 0.6 is 38.9 Å². The van der Waals surface area contributed by atoms with E-state index in [0.29, 0.717) is 10.7 Å². The molecule has 1 aromatic carbocycles. The van der Waals surface area contributed by atoms with Crippen LogP contribution < -0.4 is 0 Å². The number of nitrogens with zero attached hydrogens (tertiary/aromatic N) is 1. The van der Waals surface area contributed by atoms with E-state index in [1.165, 1.54) is 18.4 Å². The summed E-state index contributed by atoms with van der Waals surface area (Å²) in [5, 5.41) is 3.32. The molecule has 94 valence electrons. The molecule has 0 aliphatic heterocycles. The van der Waals surface area contributed by atoms with Gasteiger partial charge < -0.3 is 4.74 Å². The maximum Gasteiger partial charge on any atom is 0.311 e. The van der Waals surface area contributed by atoms with Crippen LogP contribution in [0, 0.1) is 0 Å². The van der Waals surface area contributed by atoms with Crippen molar-refractivity contribution in [1.82, 2.24) is 4.98 Å². The predicted molar refractivity (Wildman–Crippen MR) is 76.0 cm³/mol. The van der Waals surface area contributed by atoms with Crippen LogP contribution in [-0.4, -0.2) is 18.1 Å². The van der Waals surface area contributed by atoms with E-state index >= 15 is 0 Å². The number of carbonyl (C=O) groups is 1. The molecule has 0 fully saturated rings. The van der Waals surface area contributed by atoms with Crippen molar-refractivity contribution >= 4 is 44.8 Å². The number of esters is 1. The monoisotopic (exact) mass is 345 g/mol. The fourth-order valence-electron chi connectivity index (χ4n) is 1.37.